The fraction of sp³-hybridized carbons (Fsp3) is 1.00. The van der Waals surface area contributed by atoms with E-state index >= 15 is 0 Å². The van der Waals surface area contributed by atoms with E-state index in [0.717, 1.165) is 32.7 Å². The molecule has 0 bridgehead atoms. The van der Waals surface area contributed by atoms with Gasteiger partial charge in [-0.3, -0.25) is 0 Å². The highest BCUT2D eigenvalue weighted by atomic mass is 16.5. The van der Waals surface area contributed by atoms with Gasteiger partial charge in [0.25, 0.3) is 0 Å². The van der Waals surface area contributed by atoms with Crippen LogP contribution in [0.25, 0.3) is 0 Å². The smallest absolute Gasteiger partial charge is 0.0823 e. The fourth-order valence-corrected chi connectivity index (χ4v) is 2.17. The summed E-state index contributed by atoms with van der Waals surface area (Å²) in [7, 11) is 0. The van der Waals surface area contributed by atoms with Crippen LogP contribution in [-0.4, -0.2) is 38.5 Å². The Labute approximate surface area is 92.5 Å². The molecule has 3 heteroatoms. The molecule has 0 radical (unpaired) electrons. The Bertz CT molecular complexity index is 165. The molecule has 1 aliphatic carbocycles. The zero-order chi connectivity index (χ0) is 10.3. The maximum atomic E-state index is 5.82. The maximum Gasteiger partial charge on any atom is 0.0823 e. The second-order valence-corrected chi connectivity index (χ2v) is 4.64. The fourth-order valence-electron chi connectivity index (χ4n) is 2.17. The van der Waals surface area contributed by atoms with Crippen molar-refractivity contribution < 1.29 is 9.47 Å². The van der Waals surface area contributed by atoms with Crippen molar-refractivity contribution in [3.05, 3.63) is 0 Å². The molecule has 2 aliphatic rings. The standard InChI is InChI=1S/C12H23NO2/c1-2-5-11(6-3-1)14-7-4-8-15-12-9-13-10-12/h11-13H,1-10H2. The SMILES string of the molecule is C1CCC(OCCCOC2CNC2)CC1. The molecule has 2 fully saturated rings. The van der Waals surface area contributed by atoms with Crippen LogP contribution in [0.3, 0.4) is 0 Å². The Balaban J connectivity index is 1.40. The van der Waals surface area contributed by atoms with Gasteiger partial charge in [0.1, 0.15) is 0 Å². The molecule has 15 heavy (non-hydrogen) atoms. The van der Waals surface area contributed by atoms with Crippen molar-refractivity contribution in [2.24, 2.45) is 0 Å². The zero-order valence-corrected chi connectivity index (χ0v) is 9.54. The normalized spacial score (nSPS) is 24.0. The first-order chi connectivity index (χ1) is 7.45. The Morgan fingerprint density at radius 1 is 0.867 bits per heavy atom. The minimum atomic E-state index is 0.472. The van der Waals surface area contributed by atoms with E-state index in [1.54, 1.807) is 0 Å². The molecule has 88 valence electrons. The Morgan fingerprint density at radius 3 is 2.13 bits per heavy atom. The monoisotopic (exact) mass is 213 g/mol. The van der Waals surface area contributed by atoms with Gasteiger partial charge < -0.3 is 14.8 Å². The van der Waals surface area contributed by atoms with Gasteiger partial charge in [0.15, 0.2) is 0 Å². The van der Waals surface area contributed by atoms with E-state index in [9.17, 15) is 0 Å². The van der Waals surface area contributed by atoms with Gasteiger partial charge in [0, 0.05) is 26.3 Å². The van der Waals surface area contributed by atoms with Crippen molar-refractivity contribution in [2.45, 2.75) is 50.7 Å². The summed E-state index contributed by atoms with van der Waals surface area (Å²) >= 11 is 0. The van der Waals surface area contributed by atoms with Gasteiger partial charge in [-0.05, 0) is 19.3 Å². The van der Waals surface area contributed by atoms with Crippen LogP contribution in [0.4, 0.5) is 0 Å². The molecule has 1 N–H and O–H groups in total. The summed E-state index contributed by atoms with van der Waals surface area (Å²) in [5, 5.41) is 3.20. The first-order valence-electron chi connectivity index (χ1n) is 6.39. The highest BCUT2D eigenvalue weighted by molar-refractivity contribution is 4.74. The van der Waals surface area contributed by atoms with Crippen molar-refractivity contribution in [2.75, 3.05) is 26.3 Å². The van der Waals surface area contributed by atoms with E-state index in [1.165, 1.54) is 32.1 Å². The summed E-state index contributed by atoms with van der Waals surface area (Å²) < 4.78 is 11.4. The van der Waals surface area contributed by atoms with Crippen LogP contribution >= 0.6 is 0 Å². The van der Waals surface area contributed by atoms with Crippen molar-refractivity contribution in [3.8, 4) is 0 Å². The number of ether oxygens (including phenoxy) is 2. The average molecular weight is 213 g/mol. The zero-order valence-electron chi connectivity index (χ0n) is 9.54. The third-order valence-electron chi connectivity index (χ3n) is 3.29. The first kappa shape index (κ1) is 11.4. The van der Waals surface area contributed by atoms with E-state index in [0.29, 0.717) is 12.2 Å². The molecule has 0 spiro atoms. The van der Waals surface area contributed by atoms with E-state index in [4.69, 9.17) is 9.47 Å². The Morgan fingerprint density at radius 2 is 1.53 bits per heavy atom. The lowest BCUT2D eigenvalue weighted by Crippen LogP contribution is -2.48. The molecule has 0 aromatic rings. The summed E-state index contributed by atoms with van der Waals surface area (Å²) in [6.07, 6.45) is 8.72. The molecule has 0 aromatic carbocycles. The Hall–Kier alpha value is -0.120. The van der Waals surface area contributed by atoms with Crippen LogP contribution in [0, 0.1) is 0 Å². The summed E-state index contributed by atoms with van der Waals surface area (Å²) in [4.78, 5) is 0. The largest absolute Gasteiger partial charge is 0.378 e. The molecule has 2 rings (SSSR count). The molecule has 0 unspecified atom stereocenters. The minimum absolute atomic E-state index is 0.472. The van der Waals surface area contributed by atoms with Gasteiger partial charge in [-0.15, -0.1) is 0 Å². The predicted octanol–water partition coefficient (Wildman–Crippen LogP) is 1.71. The van der Waals surface area contributed by atoms with Gasteiger partial charge in [0.2, 0.25) is 0 Å². The van der Waals surface area contributed by atoms with E-state index in [1.807, 2.05) is 0 Å². The van der Waals surface area contributed by atoms with Crippen LogP contribution in [0.2, 0.25) is 0 Å². The van der Waals surface area contributed by atoms with Crippen molar-refractivity contribution in [1.82, 2.24) is 5.32 Å². The van der Waals surface area contributed by atoms with Crippen molar-refractivity contribution in [1.29, 1.82) is 0 Å². The lowest BCUT2D eigenvalue weighted by atomic mass is 9.98. The molecular weight excluding hydrogens is 190 g/mol. The van der Waals surface area contributed by atoms with Crippen LogP contribution in [0.15, 0.2) is 0 Å². The highest BCUT2D eigenvalue weighted by Gasteiger charge is 2.16. The third-order valence-corrected chi connectivity index (χ3v) is 3.29. The predicted molar refractivity (Wildman–Crippen MR) is 60.1 cm³/mol. The van der Waals surface area contributed by atoms with E-state index in [-0.39, 0.29) is 0 Å². The third kappa shape index (κ3) is 4.09. The van der Waals surface area contributed by atoms with Crippen LogP contribution in [0.5, 0.6) is 0 Å². The molecule has 1 aliphatic heterocycles. The summed E-state index contributed by atoms with van der Waals surface area (Å²) in [5.74, 6) is 0. The van der Waals surface area contributed by atoms with Crippen LogP contribution in [-0.2, 0) is 9.47 Å². The molecule has 0 aromatic heterocycles. The maximum absolute atomic E-state index is 5.82. The van der Waals surface area contributed by atoms with Crippen molar-refractivity contribution in [3.63, 3.8) is 0 Å². The Kier molecular flexibility index (Phi) is 4.90. The molecule has 0 amide bonds. The highest BCUT2D eigenvalue weighted by Crippen LogP contribution is 2.20. The summed E-state index contributed by atoms with van der Waals surface area (Å²) in [6.45, 7) is 3.80. The van der Waals surface area contributed by atoms with Gasteiger partial charge in [-0.1, -0.05) is 19.3 Å². The molecular formula is C12H23NO2. The second kappa shape index (κ2) is 6.46. The van der Waals surface area contributed by atoms with Gasteiger partial charge >= 0.3 is 0 Å². The van der Waals surface area contributed by atoms with Gasteiger partial charge in [0.05, 0.1) is 12.2 Å². The number of hydrogen-bond donors (Lipinski definition) is 1. The molecule has 1 heterocycles. The lowest BCUT2D eigenvalue weighted by Gasteiger charge is -2.27. The molecule has 1 saturated carbocycles. The quantitative estimate of drug-likeness (QED) is 0.681. The van der Waals surface area contributed by atoms with Gasteiger partial charge in [-0.25, -0.2) is 0 Å². The average Bonchev–Trinajstić information content (AvgIpc) is 2.22. The van der Waals surface area contributed by atoms with Crippen LogP contribution < -0.4 is 5.32 Å². The second-order valence-electron chi connectivity index (χ2n) is 4.64. The van der Waals surface area contributed by atoms with Crippen molar-refractivity contribution >= 4 is 0 Å². The topological polar surface area (TPSA) is 30.5 Å². The number of nitrogens with one attached hydrogen (secondary N) is 1. The summed E-state index contributed by atoms with van der Waals surface area (Å²) in [5.41, 5.74) is 0. The van der Waals surface area contributed by atoms with E-state index in [2.05, 4.69) is 5.32 Å². The lowest BCUT2D eigenvalue weighted by molar-refractivity contribution is -0.0133. The van der Waals surface area contributed by atoms with E-state index < -0.39 is 0 Å². The molecule has 3 nitrogen and oxygen atoms in total. The summed E-state index contributed by atoms with van der Waals surface area (Å²) in [6, 6.07) is 0. The molecule has 0 atom stereocenters. The first-order valence-corrected chi connectivity index (χ1v) is 6.39. The number of rotatable bonds is 6. The number of hydrogen-bond acceptors (Lipinski definition) is 3. The van der Waals surface area contributed by atoms with Gasteiger partial charge in [-0.2, -0.15) is 0 Å². The van der Waals surface area contributed by atoms with Crippen LogP contribution in [0.1, 0.15) is 38.5 Å². The molecule has 1 saturated heterocycles. The minimum Gasteiger partial charge on any atom is -0.378 e.